The Morgan fingerprint density at radius 1 is 1.35 bits per heavy atom. The molecule has 0 saturated carbocycles. The second kappa shape index (κ2) is 5.84. The molecule has 1 fully saturated rings. The fraction of sp³-hybridized carbons (Fsp3) is 0.500. The van der Waals surface area contributed by atoms with Crippen molar-refractivity contribution in [3.8, 4) is 0 Å². The fourth-order valence-electron chi connectivity index (χ4n) is 1.89. The van der Waals surface area contributed by atoms with Crippen molar-refractivity contribution in [3.63, 3.8) is 0 Å². The molecule has 2 rings (SSSR count). The Balaban J connectivity index is 1.81. The molecule has 1 aliphatic heterocycles. The Hall–Kier alpha value is -1.33. The highest BCUT2D eigenvalue weighted by Crippen LogP contribution is 2.21. The van der Waals surface area contributed by atoms with E-state index in [0.29, 0.717) is 17.9 Å². The normalized spacial score (nSPS) is 17.0. The lowest BCUT2D eigenvalue weighted by atomic mass is 10.2. The molecule has 1 saturated heterocycles. The molecule has 1 aromatic rings. The lowest BCUT2D eigenvalue weighted by Gasteiger charge is -2.26. The summed E-state index contributed by atoms with van der Waals surface area (Å²) in [5.41, 5.74) is 6.56. The van der Waals surface area contributed by atoms with Crippen LogP contribution >= 0.6 is 0 Å². The zero-order valence-corrected chi connectivity index (χ0v) is 9.79. The van der Waals surface area contributed by atoms with Crippen molar-refractivity contribution in [2.24, 2.45) is 0 Å². The number of ether oxygens (including phenoxy) is 1. The van der Waals surface area contributed by atoms with Gasteiger partial charge in [-0.2, -0.15) is 0 Å². The maximum Gasteiger partial charge on any atom is 0.148 e. The molecule has 1 aliphatic rings. The van der Waals surface area contributed by atoms with Gasteiger partial charge in [-0.15, -0.1) is 0 Å². The summed E-state index contributed by atoms with van der Waals surface area (Å²) in [6.45, 7) is 4.99. The average Bonchev–Trinajstić information content (AvgIpc) is 2.34. The number of halogens is 1. The van der Waals surface area contributed by atoms with Gasteiger partial charge in [-0.3, -0.25) is 4.90 Å². The van der Waals surface area contributed by atoms with Gasteiger partial charge in [0.1, 0.15) is 5.82 Å². The van der Waals surface area contributed by atoms with Crippen LogP contribution < -0.4 is 11.1 Å². The van der Waals surface area contributed by atoms with Crippen molar-refractivity contribution in [2.45, 2.75) is 0 Å². The monoisotopic (exact) mass is 239 g/mol. The third-order valence-corrected chi connectivity index (χ3v) is 2.88. The van der Waals surface area contributed by atoms with Crippen molar-refractivity contribution in [1.29, 1.82) is 0 Å². The van der Waals surface area contributed by atoms with E-state index in [-0.39, 0.29) is 5.82 Å². The molecule has 0 aromatic heterocycles. The predicted octanol–water partition coefficient (Wildman–Crippen LogP) is 1.15. The maximum atomic E-state index is 13.4. The largest absolute Gasteiger partial charge is 0.397 e. The summed E-state index contributed by atoms with van der Waals surface area (Å²) >= 11 is 0. The van der Waals surface area contributed by atoms with Crippen molar-refractivity contribution in [2.75, 3.05) is 50.4 Å². The Bertz CT molecular complexity index is 347. The van der Waals surface area contributed by atoms with Gasteiger partial charge in [0, 0.05) is 26.2 Å². The van der Waals surface area contributed by atoms with Crippen molar-refractivity contribution >= 4 is 11.4 Å². The molecule has 4 nitrogen and oxygen atoms in total. The lowest BCUT2D eigenvalue weighted by Crippen LogP contribution is -2.39. The quantitative estimate of drug-likeness (QED) is 0.774. The molecule has 1 aromatic carbocycles. The second-order valence-corrected chi connectivity index (χ2v) is 4.08. The first kappa shape index (κ1) is 12.1. The first-order chi connectivity index (χ1) is 8.27. The number of hydrogen-bond acceptors (Lipinski definition) is 4. The van der Waals surface area contributed by atoms with E-state index < -0.39 is 0 Å². The number of anilines is 2. The standard InChI is InChI=1S/C12H18FN3O/c13-10-2-1-3-11(14)12(10)15-4-5-16-6-8-17-9-7-16/h1-3,15H,4-9,14H2. The highest BCUT2D eigenvalue weighted by atomic mass is 19.1. The van der Waals surface area contributed by atoms with Crippen LogP contribution in [0.5, 0.6) is 0 Å². The van der Waals surface area contributed by atoms with Crippen LogP contribution in [0.3, 0.4) is 0 Å². The summed E-state index contributed by atoms with van der Waals surface area (Å²) < 4.78 is 18.7. The molecular formula is C12H18FN3O. The Labute approximate surface area is 101 Å². The summed E-state index contributed by atoms with van der Waals surface area (Å²) in [5.74, 6) is -0.299. The Morgan fingerprint density at radius 3 is 2.82 bits per heavy atom. The van der Waals surface area contributed by atoms with Crippen LogP contribution in [-0.2, 0) is 4.74 Å². The minimum Gasteiger partial charge on any atom is -0.397 e. The molecule has 17 heavy (non-hydrogen) atoms. The summed E-state index contributed by atoms with van der Waals surface area (Å²) in [7, 11) is 0. The Kier molecular flexibility index (Phi) is 4.17. The molecule has 0 bridgehead atoms. The van der Waals surface area contributed by atoms with E-state index in [1.54, 1.807) is 12.1 Å². The predicted molar refractivity (Wildman–Crippen MR) is 66.6 cm³/mol. The molecule has 0 atom stereocenters. The minimum atomic E-state index is -0.299. The number of nitrogens with one attached hydrogen (secondary N) is 1. The zero-order chi connectivity index (χ0) is 12.1. The molecule has 0 aliphatic carbocycles. The summed E-state index contributed by atoms with van der Waals surface area (Å²) in [6.07, 6.45) is 0. The first-order valence-electron chi connectivity index (χ1n) is 5.85. The van der Waals surface area contributed by atoms with Crippen molar-refractivity contribution < 1.29 is 9.13 Å². The van der Waals surface area contributed by atoms with Crippen molar-refractivity contribution in [3.05, 3.63) is 24.0 Å². The summed E-state index contributed by atoms with van der Waals surface area (Å²) in [5, 5.41) is 3.05. The van der Waals surface area contributed by atoms with E-state index in [0.717, 1.165) is 32.8 Å². The second-order valence-electron chi connectivity index (χ2n) is 4.08. The molecule has 0 unspecified atom stereocenters. The van der Waals surface area contributed by atoms with Crippen LogP contribution in [0.4, 0.5) is 15.8 Å². The smallest absolute Gasteiger partial charge is 0.148 e. The molecular weight excluding hydrogens is 221 g/mol. The number of para-hydroxylation sites is 1. The minimum absolute atomic E-state index is 0.299. The molecule has 5 heteroatoms. The maximum absolute atomic E-state index is 13.4. The van der Waals surface area contributed by atoms with Gasteiger partial charge < -0.3 is 15.8 Å². The van der Waals surface area contributed by atoms with E-state index >= 15 is 0 Å². The highest BCUT2D eigenvalue weighted by molar-refractivity contribution is 5.66. The van der Waals surface area contributed by atoms with Crippen LogP contribution in [0.25, 0.3) is 0 Å². The third-order valence-electron chi connectivity index (χ3n) is 2.88. The topological polar surface area (TPSA) is 50.5 Å². The van der Waals surface area contributed by atoms with E-state index in [4.69, 9.17) is 10.5 Å². The van der Waals surface area contributed by atoms with Gasteiger partial charge in [-0.25, -0.2) is 4.39 Å². The first-order valence-corrected chi connectivity index (χ1v) is 5.85. The zero-order valence-electron chi connectivity index (χ0n) is 9.79. The van der Waals surface area contributed by atoms with Crippen LogP contribution in [0, 0.1) is 5.82 Å². The van der Waals surface area contributed by atoms with Gasteiger partial charge in [-0.05, 0) is 12.1 Å². The molecule has 3 N–H and O–H groups in total. The molecule has 94 valence electrons. The SMILES string of the molecule is Nc1cccc(F)c1NCCN1CCOCC1. The van der Waals surface area contributed by atoms with Crippen molar-refractivity contribution in [1.82, 2.24) is 4.90 Å². The van der Waals surface area contributed by atoms with E-state index in [1.807, 2.05) is 0 Å². The van der Waals surface area contributed by atoms with Gasteiger partial charge in [0.25, 0.3) is 0 Å². The highest BCUT2D eigenvalue weighted by Gasteiger charge is 2.10. The third kappa shape index (κ3) is 3.31. The van der Waals surface area contributed by atoms with Gasteiger partial charge in [0.05, 0.1) is 24.6 Å². The van der Waals surface area contributed by atoms with E-state index in [9.17, 15) is 4.39 Å². The van der Waals surface area contributed by atoms with Gasteiger partial charge in [0.2, 0.25) is 0 Å². The Morgan fingerprint density at radius 2 is 2.12 bits per heavy atom. The molecule has 1 heterocycles. The fourth-order valence-corrected chi connectivity index (χ4v) is 1.89. The average molecular weight is 239 g/mol. The number of morpholine rings is 1. The molecule has 0 amide bonds. The molecule has 0 radical (unpaired) electrons. The van der Waals surface area contributed by atoms with Gasteiger partial charge in [-0.1, -0.05) is 6.07 Å². The van der Waals surface area contributed by atoms with Crippen LogP contribution in [0.2, 0.25) is 0 Å². The van der Waals surface area contributed by atoms with Crippen LogP contribution in [0.15, 0.2) is 18.2 Å². The number of nitrogen functional groups attached to an aromatic ring is 1. The van der Waals surface area contributed by atoms with E-state index in [1.165, 1.54) is 6.07 Å². The number of benzene rings is 1. The summed E-state index contributed by atoms with van der Waals surface area (Å²) in [4.78, 5) is 2.29. The van der Waals surface area contributed by atoms with Crippen LogP contribution in [-0.4, -0.2) is 44.3 Å². The summed E-state index contributed by atoms with van der Waals surface area (Å²) in [6, 6.07) is 4.71. The van der Waals surface area contributed by atoms with Gasteiger partial charge >= 0.3 is 0 Å². The number of hydrogen-bond donors (Lipinski definition) is 2. The lowest BCUT2D eigenvalue weighted by molar-refractivity contribution is 0.0398. The van der Waals surface area contributed by atoms with Crippen LogP contribution in [0.1, 0.15) is 0 Å². The van der Waals surface area contributed by atoms with Gasteiger partial charge in [0.15, 0.2) is 0 Å². The number of nitrogens with zero attached hydrogens (tertiary/aromatic N) is 1. The number of nitrogens with two attached hydrogens (primary N) is 1. The molecule has 0 spiro atoms. The van der Waals surface area contributed by atoms with E-state index in [2.05, 4.69) is 10.2 Å². The number of rotatable bonds is 4.